The molecule has 0 fully saturated rings. The molecular weight excluding hydrogens is 566 g/mol. The maximum atomic E-state index is 14.2. The zero-order valence-corrected chi connectivity index (χ0v) is 24.9. The lowest BCUT2D eigenvalue weighted by molar-refractivity contribution is -0.138. The fourth-order valence-electron chi connectivity index (χ4n) is 5.48. The Morgan fingerprint density at radius 1 is 1.00 bits per heavy atom. The van der Waals surface area contributed by atoms with Crippen molar-refractivity contribution in [1.29, 1.82) is 0 Å². The predicted molar refractivity (Wildman–Crippen MR) is 168 cm³/mol. The number of ether oxygens (including phenoxy) is 1. The summed E-state index contributed by atoms with van der Waals surface area (Å²) in [7, 11) is 0. The maximum absolute atomic E-state index is 14.2. The molecule has 3 heterocycles. The van der Waals surface area contributed by atoms with E-state index in [9.17, 15) is 9.59 Å². The molecule has 0 bridgehead atoms. The van der Waals surface area contributed by atoms with Crippen LogP contribution in [0.3, 0.4) is 0 Å². The zero-order chi connectivity index (χ0) is 29.4. The summed E-state index contributed by atoms with van der Waals surface area (Å²) >= 11 is 7.59. The van der Waals surface area contributed by atoms with E-state index < -0.39 is 12.0 Å². The highest BCUT2D eigenvalue weighted by Gasteiger charge is 2.35. The first-order valence-corrected chi connectivity index (χ1v) is 14.8. The number of esters is 1. The number of aromatic nitrogens is 2. The van der Waals surface area contributed by atoms with Crippen LogP contribution in [-0.2, 0) is 9.53 Å². The molecule has 1 atom stereocenters. The van der Waals surface area contributed by atoms with E-state index in [2.05, 4.69) is 10.6 Å². The molecule has 1 aliphatic heterocycles. The lowest BCUT2D eigenvalue weighted by atomic mass is 9.93. The molecule has 5 aromatic rings. The number of hydrogen-bond donors (Lipinski definition) is 0. The molecule has 2 aromatic heterocycles. The molecule has 0 amide bonds. The SMILES string of the molecule is CCOC(=O)C1=C(c2ccccc2)N=c2s/c(=C/c3cc(C)n(-c4cccc(Cl)c4)c3C)c(=O)n2[C@@H]1c1ccccc1. The Labute approximate surface area is 252 Å². The molecule has 0 radical (unpaired) electrons. The summed E-state index contributed by atoms with van der Waals surface area (Å²) in [5.41, 5.74) is 6.09. The fraction of sp³-hybridized carbons (Fsp3) is 0.147. The molecule has 0 N–H and O–H groups in total. The molecule has 6 rings (SSSR count). The number of fused-ring (bicyclic) bond motifs is 1. The van der Waals surface area contributed by atoms with Crippen molar-refractivity contribution in [2.75, 3.05) is 6.61 Å². The molecule has 0 saturated heterocycles. The van der Waals surface area contributed by atoms with Gasteiger partial charge in [0, 0.05) is 27.7 Å². The summed E-state index contributed by atoms with van der Waals surface area (Å²) in [4.78, 5) is 33.2. The Morgan fingerprint density at radius 3 is 2.40 bits per heavy atom. The van der Waals surface area contributed by atoms with Gasteiger partial charge in [-0.25, -0.2) is 9.79 Å². The largest absolute Gasteiger partial charge is 0.463 e. The number of carbonyl (C=O) groups is 1. The van der Waals surface area contributed by atoms with Gasteiger partial charge in [-0.2, -0.15) is 0 Å². The van der Waals surface area contributed by atoms with Crippen molar-refractivity contribution in [3.63, 3.8) is 0 Å². The zero-order valence-electron chi connectivity index (χ0n) is 23.4. The molecule has 0 saturated carbocycles. The van der Waals surface area contributed by atoms with E-state index >= 15 is 0 Å². The van der Waals surface area contributed by atoms with E-state index in [1.807, 2.05) is 105 Å². The molecular formula is C34H28ClN3O3S. The lowest BCUT2D eigenvalue weighted by Crippen LogP contribution is -2.40. The van der Waals surface area contributed by atoms with Gasteiger partial charge in [0.2, 0.25) is 0 Å². The predicted octanol–water partition coefficient (Wildman–Crippen LogP) is 6.00. The minimum Gasteiger partial charge on any atom is -0.463 e. The lowest BCUT2D eigenvalue weighted by Gasteiger charge is -2.25. The standard InChI is InChI=1S/C34H28ClN3O3S/c1-4-41-33(40)29-30(23-12-7-5-8-13-23)36-34-38(31(29)24-14-9-6-10-15-24)32(39)28(42-34)19-25-18-21(2)37(22(25)3)27-17-11-16-26(35)20-27/h5-20,31H,4H2,1-3H3/b28-19+/t31-/m1/s1. The van der Waals surface area contributed by atoms with Crippen molar-refractivity contribution in [3.05, 3.63) is 149 Å². The first-order valence-electron chi connectivity index (χ1n) is 13.7. The van der Waals surface area contributed by atoms with Crippen LogP contribution in [-0.4, -0.2) is 21.7 Å². The molecule has 8 heteroatoms. The van der Waals surface area contributed by atoms with Gasteiger partial charge in [0.1, 0.15) is 0 Å². The normalized spacial score (nSPS) is 15.0. The van der Waals surface area contributed by atoms with E-state index in [-0.39, 0.29) is 12.2 Å². The van der Waals surface area contributed by atoms with Gasteiger partial charge >= 0.3 is 5.97 Å². The molecule has 210 valence electrons. The number of halogens is 1. The van der Waals surface area contributed by atoms with E-state index in [1.54, 1.807) is 11.5 Å². The highest BCUT2D eigenvalue weighted by Crippen LogP contribution is 2.35. The second kappa shape index (κ2) is 11.4. The first-order chi connectivity index (χ1) is 20.4. The molecule has 0 unspecified atom stereocenters. The minimum absolute atomic E-state index is 0.207. The number of thiazole rings is 1. The number of rotatable bonds is 6. The van der Waals surface area contributed by atoms with Crippen LogP contribution in [0.5, 0.6) is 0 Å². The van der Waals surface area contributed by atoms with Gasteiger partial charge < -0.3 is 9.30 Å². The minimum atomic E-state index is -0.697. The van der Waals surface area contributed by atoms with Crippen LogP contribution in [0.25, 0.3) is 17.5 Å². The van der Waals surface area contributed by atoms with Crippen LogP contribution in [0.2, 0.25) is 5.02 Å². The highest BCUT2D eigenvalue weighted by molar-refractivity contribution is 7.07. The number of aryl methyl sites for hydroxylation is 1. The summed E-state index contributed by atoms with van der Waals surface area (Å²) in [6.07, 6.45) is 1.91. The van der Waals surface area contributed by atoms with Crippen LogP contribution < -0.4 is 14.9 Å². The summed E-state index contributed by atoms with van der Waals surface area (Å²) in [6.45, 7) is 6.03. The van der Waals surface area contributed by atoms with Crippen molar-refractivity contribution in [2.24, 2.45) is 4.99 Å². The van der Waals surface area contributed by atoms with Gasteiger partial charge in [0.15, 0.2) is 4.80 Å². The van der Waals surface area contributed by atoms with Gasteiger partial charge in [0.05, 0.1) is 28.5 Å². The number of nitrogens with zero attached hydrogens (tertiary/aromatic N) is 3. The first kappa shape index (κ1) is 27.7. The monoisotopic (exact) mass is 593 g/mol. The smallest absolute Gasteiger partial charge is 0.338 e. The van der Waals surface area contributed by atoms with Crippen molar-refractivity contribution in [2.45, 2.75) is 26.8 Å². The van der Waals surface area contributed by atoms with Gasteiger partial charge in [0.25, 0.3) is 5.56 Å². The van der Waals surface area contributed by atoms with Gasteiger partial charge in [-0.15, -0.1) is 0 Å². The van der Waals surface area contributed by atoms with Gasteiger partial charge in [-0.3, -0.25) is 9.36 Å². The van der Waals surface area contributed by atoms with Gasteiger partial charge in [-0.05, 0) is 62.2 Å². The third kappa shape index (κ3) is 4.95. The third-order valence-electron chi connectivity index (χ3n) is 7.31. The average molecular weight is 594 g/mol. The second-order valence-corrected chi connectivity index (χ2v) is 11.4. The summed E-state index contributed by atoms with van der Waals surface area (Å²) in [5, 5.41) is 0.655. The Hall–Kier alpha value is -4.46. The van der Waals surface area contributed by atoms with Crippen LogP contribution in [0.15, 0.2) is 106 Å². The Morgan fingerprint density at radius 2 is 1.71 bits per heavy atom. The number of benzene rings is 3. The van der Waals surface area contributed by atoms with Crippen molar-refractivity contribution in [1.82, 2.24) is 9.13 Å². The van der Waals surface area contributed by atoms with E-state index in [4.69, 9.17) is 21.3 Å². The van der Waals surface area contributed by atoms with Crippen LogP contribution in [0.4, 0.5) is 0 Å². The Bertz CT molecular complexity index is 2020. The van der Waals surface area contributed by atoms with Crippen molar-refractivity contribution >= 4 is 40.7 Å². The number of carbonyl (C=O) groups excluding carboxylic acids is 1. The Kier molecular flexibility index (Phi) is 7.54. The van der Waals surface area contributed by atoms with E-state index in [0.717, 1.165) is 33.8 Å². The van der Waals surface area contributed by atoms with Crippen molar-refractivity contribution in [3.8, 4) is 5.69 Å². The van der Waals surface area contributed by atoms with Crippen molar-refractivity contribution < 1.29 is 9.53 Å². The topological polar surface area (TPSA) is 65.6 Å². The molecule has 0 spiro atoms. The van der Waals surface area contributed by atoms with Crippen LogP contribution in [0.1, 0.15) is 41.0 Å². The molecule has 42 heavy (non-hydrogen) atoms. The number of hydrogen-bond acceptors (Lipinski definition) is 5. The fourth-order valence-corrected chi connectivity index (χ4v) is 6.65. The molecule has 1 aliphatic rings. The second-order valence-electron chi connectivity index (χ2n) is 9.98. The Balaban J connectivity index is 1.60. The molecule has 3 aromatic carbocycles. The molecule has 0 aliphatic carbocycles. The van der Waals surface area contributed by atoms with E-state index in [0.29, 0.717) is 25.6 Å². The summed E-state index contributed by atoms with van der Waals surface area (Å²) in [5.74, 6) is -0.492. The van der Waals surface area contributed by atoms with E-state index in [1.165, 1.54) is 11.3 Å². The van der Waals surface area contributed by atoms with Gasteiger partial charge in [-0.1, -0.05) is 89.7 Å². The summed E-state index contributed by atoms with van der Waals surface area (Å²) in [6, 6.07) is 28.2. The highest BCUT2D eigenvalue weighted by atomic mass is 35.5. The quantitative estimate of drug-likeness (QED) is 0.227. The maximum Gasteiger partial charge on any atom is 0.338 e. The van der Waals surface area contributed by atoms with Crippen LogP contribution >= 0.6 is 22.9 Å². The molecule has 6 nitrogen and oxygen atoms in total. The third-order valence-corrected chi connectivity index (χ3v) is 8.53. The average Bonchev–Trinajstić information content (AvgIpc) is 3.46. The summed E-state index contributed by atoms with van der Waals surface area (Å²) < 4.78 is 9.81. The van der Waals surface area contributed by atoms with Crippen LogP contribution in [0, 0.1) is 13.8 Å².